The third-order valence-electron chi connectivity index (χ3n) is 2.85. The van der Waals surface area contributed by atoms with Crippen molar-refractivity contribution in [2.24, 2.45) is 0 Å². The third kappa shape index (κ3) is 4.49. The van der Waals surface area contributed by atoms with Gasteiger partial charge in [-0.3, -0.25) is 4.79 Å². The number of nitrogens with one attached hydrogen (secondary N) is 1. The zero-order valence-electron chi connectivity index (χ0n) is 11.8. The fourth-order valence-corrected chi connectivity index (χ4v) is 2.10. The minimum Gasteiger partial charge on any atom is -0.481 e. The number of halogens is 1. The van der Waals surface area contributed by atoms with Crippen LogP contribution in [0.1, 0.15) is 6.92 Å². The van der Waals surface area contributed by atoms with Gasteiger partial charge in [-0.2, -0.15) is 0 Å². The molecular weight excluding hydrogens is 289 g/mol. The van der Waals surface area contributed by atoms with E-state index in [1.54, 1.807) is 18.7 Å². The van der Waals surface area contributed by atoms with Crippen LogP contribution >= 0.6 is 11.8 Å². The van der Waals surface area contributed by atoms with Crippen molar-refractivity contribution in [1.29, 1.82) is 0 Å². The maximum absolute atomic E-state index is 12.8. The third-order valence-corrected chi connectivity index (χ3v) is 3.60. The van der Waals surface area contributed by atoms with Gasteiger partial charge < -0.3 is 10.1 Å². The van der Waals surface area contributed by atoms with Crippen LogP contribution < -0.4 is 10.1 Å². The summed E-state index contributed by atoms with van der Waals surface area (Å²) in [4.78, 5) is 13.1. The first kappa shape index (κ1) is 15.4. The maximum Gasteiger partial charge on any atom is 0.265 e. The maximum atomic E-state index is 12.8. The van der Waals surface area contributed by atoms with Gasteiger partial charge in [-0.1, -0.05) is 0 Å². The molecule has 1 N–H and O–H groups in total. The molecule has 0 bridgehead atoms. The lowest BCUT2D eigenvalue weighted by atomic mass is 10.3. The molecule has 1 amide bonds. The van der Waals surface area contributed by atoms with Crippen LogP contribution in [0.15, 0.2) is 53.4 Å². The topological polar surface area (TPSA) is 38.3 Å². The van der Waals surface area contributed by atoms with Crippen LogP contribution in [0.5, 0.6) is 5.75 Å². The Hall–Kier alpha value is -2.01. The molecule has 2 aromatic carbocycles. The van der Waals surface area contributed by atoms with E-state index in [-0.39, 0.29) is 11.7 Å². The quantitative estimate of drug-likeness (QED) is 0.850. The summed E-state index contributed by atoms with van der Waals surface area (Å²) >= 11 is 1.64. The normalized spacial score (nSPS) is 11.8. The fourth-order valence-electron chi connectivity index (χ4n) is 1.69. The minimum absolute atomic E-state index is 0.282. The van der Waals surface area contributed by atoms with E-state index in [2.05, 4.69) is 5.32 Å². The second kappa shape index (κ2) is 7.13. The zero-order chi connectivity index (χ0) is 15.2. The second-order valence-electron chi connectivity index (χ2n) is 4.43. The zero-order valence-corrected chi connectivity index (χ0v) is 12.6. The van der Waals surface area contributed by atoms with Crippen LogP contribution in [0.4, 0.5) is 10.1 Å². The van der Waals surface area contributed by atoms with Gasteiger partial charge in [0.1, 0.15) is 11.6 Å². The number of benzene rings is 2. The number of hydrogen-bond donors (Lipinski definition) is 1. The van der Waals surface area contributed by atoms with Crippen LogP contribution in [0.25, 0.3) is 0 Å². The summed E-state index contributed by atoms with van der Waals surface area (Å²) in [5, 5.41) is 2.68. The van der Waals surface area contributed by atoms with Crippen molar-refractivity contribution in [1.82, 2.24) is 0 Å². The van der Waals surface area contributed by atoms with Crippen LogP contribution in [0.3, 0.4) is 0 Å². The van der Waals surface area contributed by atoms with Crippen molar-refractivity contribution in [2.75, 3.05) is 11.6 Å². The largest absolute Gasteiger partial charge is 0.481 e. The van der Waals surface area contributed by atoms with Crippen LogP contribution in [0.2, 0.25) is 0 Å². The SMILES string of the molecule is CSc1ccc(O[C@@H](C)C(=O)Nc2ccc(F)cc2)cc1. The monoisotopic (exact) mass is 305 g/mol. The minimum atomic E-state index is -0.643. The summed E-state index contributed by atoms with van der Waals surface area (Å²) in [6, 6.07) is 13.1. The molecule has 0 heterocycles. The molecule has 5 heteroatoms. The molecule has 0 saturated carbocycles. The molecule has 0 saturated heterocycles. The Morgan fingerprint density at radius 3 is 2.33 bits per heavy atom. The van der Waals surface area contributed by atoms with E-state index < -0.39 is 6.10 Å². The lowest BCUT2D eigenvalue weighted by Crippen LogP contribution is -2.30. The van der Waals surface area contributed by atoms with Gasteiger partial charge in [0, 0.05) is 10.6 Å². The Labute approximate surface area is 127 Å². The molecule has 0 aliphatic rings. The van der Waals surface area contributed by atoms with Crippen LogP contribution in [-0.4, -0.2) is 18.3 Å². The van der Waals surface area contributed by atoms with Gasteiger partial charge in [0.25, 0.3) is 5.91 Å². The first-order chi connectivity index (χ1) is 10.1. The first-order valence-corrected chi connectivity index (χ1v) is 7.68. The number of amides is 1. The van der Waals surface area contributed by atoms with Gasteiger partial charge in [0.05, 0.1) is 0 Å². The average molecular weight is 305 g/mol. The lowest BCUT2D eigenvalue weighted by molar-refractivity contribution is -0.122. The summed E-state index contributed by atoms with van der Waals surface area (Å²) in [7, 11) is 0. The fraction of sp³-hybridized carbons (Fsp3) is 0.188. The molecular formula is C16H16FNO2S. The predicted octanol–water partition coefficient (Wildman–Crippen LogP) is 3.95. The first-order valence-electron chi connectivity index (χ1n) is 6.45. The molecule has 1 atom stereocenters. The summed E-state index contributed by atoms with van der Waals surface area (Å²) in [5.74, 6) is 0.0105. The van der Waals surface area contributed by atoms with Gasteiger partial charge in [-0.15, -0.1) is 11.8 Å². The van der Waals surface area contributed by atoms with Crippen molar-refractivity contribution < 1.29 is 13.9 Å². The molecule has 2 aromatic rings. The Balaban J connectivity index is 1.93. The molecule has 21 heavy (non-hydrogen) atoms. The number of anilines is 1. The summed E-state index contributed by atoms with van der Waals surface area (Å²) in [6.45, 7) is 1.67. The summed E-state index contributed by atoms with van der Waals surface area (Å²) in [5.41, 5.74) is 0.537. The Bertz CT molecular complexity index is 599. The summed E-state index contributed by atoms with van der Waals surface area (Å²) < 4.78 is 18.4. The smallest absolute Gasteiger partial charge is 0.265 e. The van der Waals surface area contributed by atoms with E-state index in [1.165, 1.54) is 24.3 Å². The van der Waals surface area contributed by atoms with E-state index in [0.717, 1.165) is 4.90 Å². The van der Waals surface area contributed by atoms with Crippen LogP contribution in [-0.2, 0) is 4.79 Å². The van der Waals surface area contributed by atoms with Crippen molar-refractivity contribution in [3.63, 3.8) is 0 Å². The number of rotatable bonds is 5. The molecule has 0 unspecified atom stereocenters. The number of carbonyl (C=O) groups is 1. The van der Waals surface area contributed by atoms with Crippen molar-refractivity contribution in [2.45, 2.75) is 17.9 Å². The molecule has 110 valence electrons. The molecule has 0 aromatic heterocycles. The van der Waals surface area contributed by atoms with Gasteiger partial charge in [0.2, 0.25) is 0 Å². The Morgan fingerprint density at radius 1 is 1.14 bits per heavy atom. The number of carbonyl (C=O) groups excluding carboxylic acids is 1. The van der Waals surface area contributed by atoms with Gasteiger partial charge in [-0.05, 0) is 61.7 Å². The van der Waals surface area contributed by atoms with Crippen molar-refractivity contribution in [3.05, 3.63) is 54.3 Å². The van der Waals surface area contributed by atoms with Gasteiger partial charge in [0.15, 0.2) is 6.10 Å². The van der Waals surface area contributed by atoms with E-state index in [4.69, 9.17) is 4.74 Å². The Morgan fingerprint density at radius 2 is 1.76 bits per heavy atom. The molecule has 2 rings (SSSR count). The van der Waals surface area contributed by atoms with Gasteiger partial charge in [-0.25, -0.2) is 4.39 Å². The van der Waals surface area contributed by atoms with E-state index in [9.17, 15) is 9.18 Å². The second-order valence-corrected chi connectivity index (χ2v) is 5.31. The lowest BCUT2D eigenvalue weighted by Gasteiger charge is -2.15. The highest BCUT2D eigenvalue weighted by molar-refractivity contribution is 7.98. The number of ether oxygens (including phenoxy) is 1. The van der Waals surface area contributed by atoms with Crippen LogP contribution in [0, 0.1) is 5.82 Å². The summed E-state index contributed by atoms with van der Waals surface area (Å²) in [6.07, 6.45) is 1.35. The molecule has 0 radical (unpaired) electrons. The molecule has 0 fully saturated rings. The van der Waals surface area contributed by atoms with E-state index in [1.807, 2.05) is 30.5 Å². The highest BCUT2D eigenvalue weighted by Crippen LogP contribution is 2.20. The Kier molecular flexibility index (Phi) is 5.22. The number of hydrogen-bond acceptors (Lipinski definition) is 3. The standard InChI is InChI=1S/C16H16FNO2S/c1-11(20-14-7-9-15(21-2)10-8-14)16(19)18-13-5-3-12(17)4-6-13/h3-11H,1-2H3,(H,18,19)/t11-/m0/s1. The number of thioether (sulfide) groups is 1. The van der Waals surface area contributed by atoms with E-state index >= 15 is 0 Å². The predicted molar refractivity (Wildman–Crippen MR) is 83.3 cm³/mol. The molecule has 3 nitrogen and oxygen atoms in total. The highest BCUT2D eigenvalue weighted by atomic mass is 32.2. The van der Waals surface area contributed by atoms with E-state index in [0.29, 0.717) is 11.4 Å². The van der Waals surface area contributed by atoms with Gasteiger partial charge >= 0.3 is 0 Å². The van der Waals surface area contributed by atoms with Crippen molar-refractivity contribution in [3.8, 4) is 5.75 Å². The average Bonchev–Trinajstić information content (AvgIpc) is 2.50. The molecule has 0 aliphatic carbocycles. The molecule has 0 aliphatic heterocycles. The molecule has 0 spiro atoms. The highest BCUT2D eigenvalue weighted by Gasteiger charge is 2.14. The van der Waals surface area contributed by atoms with Crippen molar-refractivity contribution >= 4 is 23.4 Å².